The third kappa shape index (κ3) is 9.57. The highest BCUT2D eigenvalue weighted by Crippen LogP contribution is 2.31. The molecule has 0 unspecified atom stereocenters. The molecule has 4 rings (SSSR count). The lowest BCUT2D eigenvalue weighted by Crippen LogP contribution is -2.24. The molecular formula is C26H33Cl3N4O3S. The first kappa shape index (κ1) is 32.9. The van der Waals surface area contributed by atoms with Crippen molar-refractivity contribution in [2.24, 2.45) is 0 Å². The molecule has 11 heteroatoms. The molecule has 0 aliphatic heterocycles. The molecule has 0 aliphatic carbocycles. The number of pyridine rings is 1. The van der Waals surface area contributed by atoms with E-state index in [-0.39, 0.29) is 47.8 Å². The Bertz CT molecular complexity index is 1270. The highest BCUT2D eigenvalue weighted by atomic mass is 35.5. The van der Waals surface area contributed by atoms with Crippen LogP contribution in [0.4, 0.5) is 0 Å². The summed E-state index contributed by atoms with van der Waals surface area (Å²) < 4.78 is 0.597. The van der Waals surface area contributed by atoms with E-state index in [1.54, 1.807) is 6.07 Å². The average molecular weight is 588 g/mol. The third-order valence-electron chi connectivity index (χ3n) is 5.71. The van der Waals surface area contributed by atoms with Gasteiger partial charge in [0.2, 0.25) is 0 Å². The largest absolute Gasteiger partial charge is 0.506 e. The van der Waals surface area contributed by atoms with Crippen LogP contribution in [0.2, 0.25) is 0 Å². The predicted molar refractivity (Wildman–Crippen MR) is 158 cm³/mol. The molecule has 202 valence electrons. The number of phenols is 1. The average Bonchev–Trinajstić information content (AvgIpc) is 3.25. The molecule has 2 aromatic heterocycles. The molecule has 0 fully saturated rings. The van der Waals surface area contributed by atoms with Crippen molar-refractivity contribution in [3.05, 3.63) is 92.8 Å². The molecule has 0 amide bonds. The second-order valence-electron chi connectivity index (χ2n) is 8.28. The van der Waals surface area contributed by atoms with Crippen LogP contribution in [0.25, 0.3) is 10.2 Å². The van der Waals surface area contributed by atoms with Crippen LogP contribution < -0.4 is 15.5 Å². The Kier molecular flexibility index (Phi) is 14.8. The van der Waals surface area contributed by atoms with Crippen molar-refractivity contribution in [1.29, 1.82) is 0 Å². The second kappa shape index (κ2) is 16.6. The van der Waals surface area contributed by atoms with Gasteiger partial charge in [0.25, 0.3) is 0 Å². The van der Waals surface area contributed by atoms with Crippen LogP contribution in [0.3, 0.4) is 0 Å². The Balaban J connectivity index is 0.00000228. The number of halogens is 3. The highest BCUT2D eigenvalue weighted by molar-refractivity contribution is 7.16. The first-order chi connectivity index (χ1) is 16.6. The van der Waals surface area contributed by atoms with Crippen LogP contribution in [0.1, 0.15) is 34.9 Å². The van der Waals surface area contributed by atoms with Crippen LogP contribution in [0.5, 0.6) is 5.75 Å². The standard InChI is InChI=1S/C26H30N4O3S.3ClH/c31-22-10-9-21(25-24(22)30-26(33)34-25)23(32)17-28-14-11-18-5-3-6-19(15-18)16-27-12-4-8-20-7-1-2-13-29-20;;;/h1-3,5-7,9-10,13,15,23,27-28,31-32H,4,8,11-12,14,16-17H2,(H,30,33);3*1H/t23-;;;/m0.../s1. The number of phenolic OH excluding ortho intramolecular Hbond substituents is 1. The van der Waals surface area contributed by atoms with Crippen molar-refractivity contribution < 1.29 is 10.2 Å². The Labute approximate surface area is 239 Å². The topological polar surface area (TPSA) is 110 Å². The highest BCUT2D eigenvalue weighted by Gasteiger charge is 2.15. The zero-order chi connectivity index (χ0) is 23.8. The number of fused-ring (bicyclic) bond motifs is 1. The lowest BCUT2D eigenvalue weighted by Gasteiger charge is -2.14. The fourth-order valence-electron chi connectivity index (χ4n) is 3.95. The molecule has 0 radical (unpaired) electrons. The van der Waals surface area contributed by atoms with Crippen molar-refractivity contribution >= 4 is 58.8 Å². The van der Waals surface area contributed by atoms with Gasteiger partial charge in [-0.3, -0.25) is 9.78 Å². The zero-order valence-electron chi connectivity index (χ0n) is 20.2. The van der Waals surface area contributed by atoms with E-state index < -0.39 is 6.10 Å². The van der Waals surface area contributed by atoms with Crippen LogP contribution in [0.15, 0.2) is 65.6 Å². The van der Waals surface area contributed by atoms with Crippen LogP contribution in [-0.4, -0.2) is 39.8 Å². The smallest absolute Gasteiger partial charge is 0.305 e. The van der Waals surface area contributed by atoms with Gasteiger partial charge in [-0.05, 0) is 61.7 Å². The van der Waals surface area contributed by atoms with Gasteiger partial charge < -0.3 is 25.8 Å². The summed E-state index contributed by atoms with van der Waals surface area (Å²) in [6, 6.07) is 17.7. The predicted octanol–water partition coefficient (Wildman–Crippen LogP) is 4.54. The van der Waals surface area contributed by atoms with Crippen molar-refractivity contribution in [1.82, 2.24) is 20.6 Å². The molecule has 0 saturated heterocycles. The zero-order valence-corrected chi connectivity index (χ0v) is 23.4. The van der Waals surface area contributed by atoms with E-state index in [9.17, 15) is 15.0 Å². The Hall–Kier alpha value is -2.17. The van der Waals surface area contributed by atoms with Crippen molar-refractivity contribution in [3.8, 4) is 5.75 Å². The summed E-state index contributed by atoms with van der Waals surface area (Å²) in [6.45, 7) is 2.87. The Morgan fingerprint density at radius 3 is 2.54 bits per heavy atom. The van der Waals surface area contributed by atoms with Gasteiger partial charge in [0, 0.05) is 30.5 Å². The summed E-state index contributed by atoms with van der Waals surface area (Å²) in [5.74, 6) is 0.0137. The molecule has 4 aromatic rings. The number of aliphatic hydroxyl groups excluding tert-OH is 1. The van der Waals surface area contributed by atoms with Crippen molar-refractivity contribution in [2.75, 3.05) is 19.6 Å². The molecule has 7 nitrogen and oxygen atoms in total. The van der Waals surface area contributed by atoms with E-state index in [0.29, 0.717) is 22.3 Å². The molecule has 0 aliphatic rings. The normalized spacial score (nSPS) is 11.3. The summed E-state index contributed by atoms with van der Waals surface area (Å²) in [7, 11) is 0. The van der Waals surface area contributed by atoms with Crippen LogP contribution in [0, 0.1) is 0 Å². The molecule has 0 bridgehead atoms. The van der Waals surface area contributed by atoms with Gasteiger partial charge in [-0.1, -0.05) is 47.7 Å². The number of nitrogens with zero attached hydrogens (tertiary/aromatic N) is 1. The maximum Gasteiger partial charge on any atom is 0.305 e. The van der Waals surface area contributed by atoms with E-state index in [1.165, 1.54) is 17.2 Å². The maximum absolute atomic E-state index is 11.7. The first-order valence-electron chi connectivity index (χ1n) is 11.5. The number of nitrogens with one attached hydrogen (secondary N) is 3. The van der Waals surface area contributed by atoms with Crippen LogP contribution in [-0.2, 0) is 19.4 Å². The van der Waals surface area contributed by atoms with E-state index in [0.717, 1.165) is 55.9 Å². The van der Waals surface area contributed by atoms with Gasteiger partial charge in [0.1, 0.15) is 11.3 Å². The monoisotopic (exact) mass is 586 g/mol. The summed E-state index contributed by atoms with van der Waals surface area (Å²) in [5, 5.41) is 27.3. The number of aromatic nitrogens is 2. The van der Waals surface area contributed by atoms with Gasteiger partial charge in [-0.25, -0.2) is 0 Å². The van der Waals surface area contributed by atoms with Crippen molar-refractivity contribution in [2.45, 2.75) is 31.9 Å². The van der Waals surface area contributed by atoms with E-state index >= 15 is 0 Å². The summed E-state index contributed by atoms with van der Waals surface area (Å²) >= 11 is 0.999. The quantitative estimate of drug-likeness (QED) is 0.156. The van der Waals surface area contributed by atoms with E-state index in [4.69, 9.17) is 0 Å². The molecule has 0 spiro atoms. The van der Waals surface area contributed by atoms with E-state index in [1.807, 2.05) is 18.3 Å². The fraction of sp³-hybridized carbons (Fsp3) is 0.308. The van der Waals surface area contributed by atoms with Crippen LogP contribution >= 0.6 is 48.6 Å². The summed E-state index contributed by atoms with van der Waals surface area (Å²) in [4.78, 5) is 18.4. The number of hydrogen-bond donors (Lipinski definition) is 5. The number of thiazole rings is 1. The molecule has 1 atom stereocenters. The van der Waals surface area contributed by atoms with Gasteiger partial charge in [0.05, 0.1) is 10.8 Å². The molecule has 2 aromatic carbocycles. The molecular weight excluding hydrogens is 555 g/mol. The number of benzene rings is 2. The molecule has 37 heavy (non-hydrogen) atoms. The fourth-order valence-corrected chi connectivity index (χ4v) is 4.87. The molecule has 0 saturated carbocycles. The molecule has 2 heterocycles. The number of aromatic hydroxyl groups is 1. The minimum atomic E-state index is -0.767. The summed E-state index contributed by atoms with van der Waals surface area (Å²) in [5.41, 5.74) is 4.64. The number of rotatable bonds is 12. The van der Waals surface area contributed by atoms with Gasteiger partial charge >= 0.3 is 4.87 Å². The number of hydrogen-bond acceptors (Lipinski definition) is 7. The van der Waals surface area contributed by atoms with Crippen molar-refractivity contribution in [3.63, 3.8) is 0 Å². The third-order valence-corrected chi connectivity index (χ3v) is 6.64. The first-order valence-corrected chi connectivity index (χ1v) is 12.3. The Morgan fingerprint density at radius 1 is 0.946 bits per heavy atom. The minimum absolute atomic E-state index is 0. The summed E-state index contributed by atoms with van der Waals surface area (Å²) in [6.07, 6.45) is 3.95. The van der Waals surface area contributed by atoms with E-state index in [2.05, 4.69) is 50.9 Å². The number of aliphatic hydroxyl groups is 1. The Morgan fingerprint density at radius 2 is 1.76 bits per heavy atom. The number of H-pyrrole nitrogens is 1. The maximum atomic E-state index is 11.7. The number of aromatic amines is 1. The lowest BCUT2D eigenvalue weighted by molar-refractivity contribution is 0.176. The van der Waals surface area contributed by atoms with Gasteiger partial charge in [0.15, 0.2) is 0 Å². The SMILES string of the molecule is Cl.Cl.Cl.O=c1[nH]c2c(O)ccc([C@@H](O)CNCCc3cccc(CNCCCc4ccccn4)c3)c2s1. The van der Waals surface area contributed by atoms with Gasteiger partial charge in [-0.2, -0.15) is 0 Å². The minimum Gasteiger partial charge on any atom is -0.506 e. The van der Waals surface area contributed by atoms with Gasteiger partial charge in [-0.15, -0.1) is 37.2 Å². The lowest BCUT2D eigenvalue weighted by atomic mass is 10.1. The molecule has 5 N–H and O–H groups in total. The number of aryl methyl sites for hydroxylation is 1. The second-order valence-corrected chi connectivity index (χ2v) is 9.27.